The molecule has 9 heteroatoms. The lowest BCUT2D eigenvalue weighted by Gasteiger charge is -2.23. The second-order valence-electron chi connectivity index (χ2n) is 7.05. The number of benzene rings is 1. The summed E-state index contributed by atoms with van der Waals surface area (Å²) in [6.07, 6.45) is 0.0201. The van der Waals surface area contributed by atoms with Crippen LogP contribution in [-0.2, 0) is 19.1 Å². The molecule has 2 amide bonds. The number of nitrogens with one attached hydrogen (secondary N) is 1. The minimum atomic E-state index is -0.767. The van der Waals surface area contributed by atoms with Crippen molar-refractivity contribution in [2.45, 2.75) is 33.2 Å². The molecule has 1 N–H and O–H groups in total. The fourth-order valence-corrected chi connectivity index (χ4v) is 3.41. The van der Waals surface area contributed by atoms with Crippen LogP contribution in [0.1, 0.15) is 27.2 Å². The van der Waals surface area contributed by atoms with Crippen LogP contribution in [0.25, 0.3) is 0 Å². The van der Waals surface area contributed by atoms with Crippen LogP contribution >= 0.6 is 11.6 Å². The maximum Gasteiger partial charge on any atom is 0.328 e. The van der Waals surface area contributed by atoms with Gasteiger partial charge < -0.3 is 24.4 Å². The van der Waals surface area contributed by atoms with Gasteiger partial charge in [-0.05, 0) is 18.9 Å². The molecule has 1 aliphatic heterocycles. The molecular weight excluding hydrogens is 400 g/mol. The highest BCUT2D eigenvalue weighted by Crippen LogP contribution is 2.40. The van der Waals surface area contributed by atoms with Crippen molar-refractivity contribution in [1.82, 2.24) is 5.32 Å². The summed E-state index contributed by atoms with van der Waals surface area (Å²) in [4.78, 5) is 38.9. The van der Waals surface area contributed by atoms with Crippen molar-refractivity contribution in [3.63, 3.8) is 0 Å². The van der Waals surface area contributed by atoms with Gasteiger partial charge in [-0.2, -0.15) is 0 Å². The highest BCUT2D eigenvalue weighted by atomic mass is 35.5. The number of halogens is 1. The number of esters is 1. The Bertz CT molecular complexity index is 782. The van der Waals surface area contributed by atoms with E-state index in [4.69, 9.17) is 25.8 Å². The smallest absolute Gasteiger partial charge is 0.328 e. The number of anilines is 1. The summed E-state index contributed by atoms with van der Waals surface area (Å²) in [6, 6.07) is 2.40. The lowest BCUT2D eigenvalue weighted by Crippen LogP contribution is -2.47. The number of hydrogen-bond donors (Lipinski definition) is 1. The van der Waals surface area contributed by atoms with Gasteiger partial charge in [-0.1, -0.05) is 25.4 Å². The van der Waals surface area contributed by atoms with Crippen LogP contribution in [-0.4, -0.2) is 51.2 Å². The number of ether oxygens (including phenoxy) is 3. The molecule has 2 rings (SSSR count). The van der Waals surface area contributed by atoms with Crippen molar-refractivity contribution in [3.05, 3.63) is 17.2 Å². The van der Waals surface area contributed by atoms with Crippen LogP contribution in [0.4, 0.5) is 5.69 Å². The molecule has 0 unspecified atom stereocenters. The first-order valence-electron chi connectivity index (χ1n) is 9.42. The van der Waals surface area contributed by atoms with Crippen molar-refractivity contribution >= 4 is 35.1 Å². The van der Waals surface area contributed by atoms with Crippen molar-refractivity contribution in [3.8, 4) is 11.5 Å². The molecule has 8 nitrogen and oxygen atoms in total. The zero-order chi connectivity index (χ0) is 21.7. The molecule has 0 radical (unpaired) electrons. The predicted molar refractivity (Wildman–Crippen MR) is 108 cm³/mol. The summed E-state index contributed by atoms with van der Waals surface area (Å²) in [7, 11) is 2.96. The van der Waals surface area contributed by atoms with Crippen LogP contribution < -0.4 is 19.7 Å². The first-order valence-corrected chi connectivity index (χ1v) is 9.80. The predicted octanol–water partition coefficient (Wildman–Crippen LogP) is 2.41. The maximum atomic E-state index is 12.7. The Morgan fingerprint density at radius 1 is 1.24 bits per heavy atom. The van der Waals surface area contributed by atoms with Crippen LogP contribution in [0.5, 0.6) is 11.5 Å². The molecule has 29 heavy (non-hydrogen) atoms. The molecule has 1 aromatic carbocycles. The van der Waals surface area contributed by atoms with E-state index in [1.807, 2.05) is 13.8 Å². The number of carbonyl (C=O) groups is 3. The summed E-state index contributed by atoms with van der Waals surface area (Å²) in [5, 5.41) is 3.05. The van der Waals surface area contributed by atoms with Gasteiger partial charge in [-0.3, -0.25) is 9.59 Å². The molecule has 1 aromatic rings. The lowest BCUT2D eigenvalue weighted by molar-refractivity contribution is -0.149. The van der Waals surface area contributed by atoms with Gasteiger partial charge in [0.2, 0.25) is 11.8 Å². The summed E-state index contributed by atoms with van der Waals surface area (Å²) in [5.41, 5.74) is 0.462. The van der Waals surface area contributed by atoms with Crippen LogP contribution in [0, 0.1) is 11.8 Å². The van der Waals surface area contributed by atoms with E-state index in [2.05, 4.69) is 5.32 Å². The molecule has 0 spiro atoms. The SMILES string of the molecule is CCOC(=O)[C@H](NC(=O)[C@@H]1CC(=O)N(c2cc(Cl)c(OC)cc2OC)C1)C(C)C. The monoisotopic (exact) mass is 426 g/mol. The summed E-state index contributed by atoms with van der Waals surface area (Å²) >= 11 is 6.20. The Labute approximate surface area is 175 Å². The topological polar surface area (TPSA) is 94.2 Å². The number of methoxy groups -OCH3 is 2. The Kier molecular flexibility index (Phi) is 7.73. The molecule has 0 aromatic heterocycles. The number of amides is 2. The van der Waals surface area contributed by atoms with E-state index in [0.717, 1.165) is 0 Å². The third-order valence-corrected chi connectivity index (χ3v) is 5.04. The first-order chi connectivity index (χ1) is 13.7. The van der Waals surface area contributed by atoms with E-state index in [1.165, 1.54) is 19.1 Å². The molecule has 2 atom stereocenters. The molecule has 1 fully saturated rings. The second kappa shape index (κ2) is 9.82. The van der Waals surface area contributed by atoms with E-state index >= 15 is 0 Å². The van der Waals surface area contributed by atoms with Gasteiger partial charge in [0.05, 0.1) is 37.5 Å². The van der Waals surface area contributed by atoms with Crippen molar-refractivity contribution in [2.24, 2.45) is 11.8 Å². The van der Waals surface area contributed by atoms with Gasteiger partial charge in [-0.25, -0.2) is 4.79 Å². The quantitative estimate of drug-likeness (QED) is 0.641. The fraction of sp³-hybridized carbons (Fsp3) is 0.550. The molecule has 0 saturated carbocycles. The third kappa shape index (κ3) is 5.12. The van der Waals surface area contributed by atoms with Crippen LogP contribution in [0.3, 0.4) is 0 Å². The van der Waals surface area contributed by atoms with E-state index in [1.54, 1.807) is 19.1 Å². The Hall–Kier alpha value is -2.48. The van der Waals surface area contributed by atoms with Crippen LogP contribution in [0.2, 0.25) is 5.02 Å². The average Bonchev–Trinajstić information content (AvgIpc) is 3.07. The molecule has 160 valence electrons. The highest BCUT2D eigenvalue weighted by Gasteiger charge is 2.38. The second-order valence-corrected chi connectivity index (χ2v) is 7.45. The highest BCUT2D eigenvalue weighted by molar-refractivity contribution is 6.32. The zero-order valence-corrected chi connectivity index (χ0v) is 18.0. The number of hydrogen-bond acceptors (Lipinski definition) is 6. The fourth-order valence-electron chi connectivity index (χ4n) is 3.17. The molecule has 1 saturated heterocycles. The summed E-state index contributed by atoms with van der Waals surface area (Å²) in [5.74, 6) is -1.01. The molecule has 1 heterocycles. The van der Waals surface area contributed by atoms with Crippen molar-refractivity contribution < 1.29 is 28.6 Å². The van der Waals surface area contributed by atoms with E-state index in [0.29, 0.717) is 22.2 Å². The molecule has 0 bridgehead atoms. The van der Waals surface area contributed by atoms with Crippen LogP contribution in [0.15, 0.2) is 12.1 Å². The molecular formula is C20H27ClN2O6. The first kappa shape index (κ1) is 22.8. The number of nitrogens with zero attached hydrogens (tertiary/aromatic N) is 1. The number of carbonyl (C=O) groups excluding carboxylic acids is 3. The number of rotatable bonds is 8. The summed E-state index contributed by atoms with van der Waals surface area (Å²) < 4.78 is 15.6. The normalized spacial score (nSPS) is 17.3. The Morgan fingerprint density at radius 2 is 1.90 bits per heavy atom. The van der Waals surface area contributed by atoms with Gasteiger partial charge in [0.25, 0.3) is 0 Å². The zero-order valence-electron chi connectivity index (χ0n) is 17.3. The van der Waals surface area contributed by atoms with Crippen molar-refractivity contribution in [1.29, 1.82) is 0 Å². The Balaban J connectivity index is 2.19. The third-order valence-electron chi connectivity index (χ3n) is 4.74. The maximum absolute atomic E-state index is 12.7. The largest absolute Gasteiger partial charge is 0.495 e. The van der Waals surface area contributed by atoms with Gasteiger partial charge in [0, 0.05) is 19.0 Å². The Morgan fingerprint density at radius 3 is 2.45 bits per heavy atom. The molecule has 0 aliphatic carbocycles. The minimum Gasteiger partial charge on any atom is -0.495 e. The van der Waals surface area contributed by atoms with Gasteiger partial charge in [-0.15, -0.1) is 0 Å². The standard InChI is InChI=1S/C20H27ClN2O6/c1-6-29-20(26)18(11(2)3)22-19(25)12-7-17(24)23(10-12)14-8-13(21)15(27-4)9-16(14)28-5/h8-9,11-12,18H,6-7,10H2,1-5H3,(H,22,25)/t12-,18-/m1/s1. The van der Waals surface area contributed by atoms with Gasteiger partial charge in [0.15, 0.2) is 0 Å². The van der Waals surface area contributed by atoms with Gasteiger partial charge >= 0.3 is 5.97 Å². The average molecular weight is 427 g/mol. The van der Waals surface area contributed by atoms with E-state index in [-0.39, 0.29) is 37.3 Å². The van der Waals surface area contributed by atoms with Gasteiger partial charge in [0.1, 0.15) is 17.5 Å². The minimum absolute atomic E-state index is 0.0201. The molecule has 1 aliphatic rings. The van der Waals surface area contributed by atoms with E-state index in [9.17, 15) is 14.4 Å². The van der Waals surface area contributed by atoms with Crippen molar-refractivity contribution in [2.75, 3.05) is 32.3 Å². The summed E-state index contributed by atoms with van der Waals surface area (Å²) in [6.45, 7) is 5.72. The van der Waals surface area contributed by atoms with E-state index < -0.39 is 17.9 Å². The lowest BCUT2D eigenvalue weighted by atomic mass is 10.0.